The van der Waals surface area contributed by atoms with Gasteiger partial charge in [-0.2, -0.15) is 15.4 Å². The summed E-state index contributed by atoms with van der Waals surface area (Å²) < 4.78 is 0. The first-order valence-electron chi connectivity index (χ1n) is 8.01. The average Bonchev–Trinajstić information content (AvgIpc) is 3.17. The zero-order valence-electron chi connectivity index (χ0n) is 12.6. The highest BCUT2D eigenvalue weighted by Gasteiger charge is 2.47. The highest BCUT2D eigenvalue weighted by atomic mass is 16.4. The van der Waals surface area contributed by atoms with Crippen LogP contribution in [-0.4, -0.2) is 49.4 Å². The molecule has 1 aliphatic carbocycles. The van der Waals surface area contributed by atoms with Gasteiger partial charge in [-0.15, -0.1) is 0 Å². The van der Waals surface area contributed by atoms with Gasteiger partial charge in [-0.25, -0.2) is 4.79 Å². The minimum atomic E-state index is -0.907. The number of aromatic nitrogens is 3. The summed E-state index contributed by atoms with van der Waals surface area (Å²) in [5.41, 5.74) is 1.78. The van der Waals surface area contributed by atoms with Gasteiger partial charge in [0.15, 0.2) is 0 Å². The summed E-state index contributed by atoms with van der Waals surface area (Å²) in [4.78, 5) is 26.2. The molecular weight excluding hydrogens is 296 g/mol. The topological polar surface area (TPSA) is 99.2 Å². The Kier molecular flexibility index (Phi) is 3.28. The van der Waals surface area contributed by atoms with E-state index in [1.807, 2.05) is 0 Å². The summed E-state index contributed by atoms with van der Waals surface area (Å²) in [5.74, 6) is -0.809. The Balaban J connectivity index is 1.70. The minimum absolute atomic E-state index is 0.0466. The highest BCUT2D eigenvalue weighted by Crippen LogP contribution is 2.40. The van der Waals surface area contributed by atoms with Gasteiger partial charge in [0, 0.05) is 11.6 Å². The molecule has 1 saturated heterocycles. The Bertz CT molecular complexity index is 772. The first-order valence-corrected chi connectivity index (χ1v) is 8.01. The van der Waals surface area contributed by atoms with Gasteiger partial charge in [-0.05, 0) is 43.4 Å². The third-order valence-electron chi connectivity index (χ3n) is 5.17. The number of rotatable bonds is 2. The van der Waals surface area contributed by atoms with Crippen molar-refractivity contribution in [3.8, 4) is 0 Å². The van der Waals surface area contributed by atoms with Gasteiger partial charge in [-0.3, -0.25) is 4.79 Å². The van der Waals surface area contributed by atoms with E-state index >= 15 is 0 Å². The van der Waals surface area contributed by atoms with Crippen molar-refractivity contribution in [3.63, 3.8) is 0 Å². The molecule has 7 heteroatoms. The van der Waals surface area contributed by atoms with Crippen LogP contribution < -0.4 is 0 Å². The summed E-state index contributed by atoms with van der Waals surface area (Å²) in [6.45, 7) is 0. The summed E-state index contributed by atoms with van der Waals surface area (Å²) in [6.07, 6.45) is 4.66. The molecule has 1 aromatic carbocycles. The van der Waals surface area contributed by atoms with Crippen molar-refractivity contribution < 1.29 is 14.7 Å². The van der Waals surface area contributed by atoms with Gasteiger partial charge in [0.25, 0.3) is 5.91 Å². The van der Waals surface area contributed by atoms with Crippen molar-refractivity contribution in [3.05, 3.63) is 23.8 Å². The van der Waals surface area contributed by atoms with Gasteiger partial charge < -0.3 is 10.0 Å². The lowest BCUT2D eigenvalue weighted by atomic mass is 9.84. The number of H-pyrrole nitrogens is 1. The number of carboxylic acid groups (broad SMARTS) is 1. The van der Waals surface area contributed by atoms with E-state index in [1.54, 1.807) is 23.1 Å². The molecule has 1 aliphatic heterocycles. The molecule has 0 unspecified atom stereocenters. The summed E-state index contributed by atoms with van der Waals surface area (Å²) in [7, 11) is 0. The van der Waals surface area contributed by atoms with E-state index in [0.717, 1.165) is 25.7 Å². The Morgan fingerprint density at radius 2 is 1.96 bits per heavy atom. The number of carboxylic acids is 1. The maximum absolute atomic E-state index is 13.0. The highest BCUT2D eigenvalue weighted by molar-refractivity contribution is 5.99. The summed E-state index contributed by atoms with van der Waals surface area (Å²) in [6, 6.07) is 4.43. The number of aliphatic carboxylic acids is 1. The third-order valence-corrected chi connectivity index (χ3v) is 5.17. The number of aromatic amines is 1. The number of carbonyl (C=O) groups excluding carboxylic acids is 1. The second kappa shape index (κ2) is 5.33. The molecule has 0 bridgehead atoms. The predicted molar refractivity (Wildman–Crippen MR) is 81.8 cm³/mol. The number of nitrogens with zero attached hydrogens (tertiary/aromatic N) is 3. The molecule has 2 heterocycles. The zero-order chi connectivity index (χ0) is 16.0. The van der Waals surface area contributed by atoms with Crippen LogP contribution in [-0.2, 0) is 4.79 Å². The van der Waals surface area contributed by atoms with Crippen LogP contribution in [0.3, 0.4) is 0 Å². The Morgan fingerprint density at radius 1 is 1.17 bits per heavy atom. The second-order valence-corrected chi connectivity index (χ2v) is 6.44. The Labute approximate surface area is 132 Å². The van der Waals surface area contributed by atoms with E-state index in [9.17, 15) is 14.7 Å². The molecule has 120 valence electrons. The van der Waals surface area contributed by atoms with Gasteiger partial charge in [0.2, 0.25) is 0 Å². The zero-order valence-corrected chi connectivity index (χ0v) is 12.6. The van der Waals surface area contributed by atoms with Crippen LogP contribution in [0.4, 0.5) is 0 Å². The van der Waals surface area contributed by atoms with Gasteiger partial charge in [0.05, 0.1) is 0 Å². The van der Waals surface area contributed by atoms with Crippen molar-refractivity contribution in [2.75, 3.05) is 0 Å². The fraction of sp³-hybridized carbons (Fsp3) is 0.500. The van der Waals surface area contributed by atoms with Crippen molar-refractivity contribution in [1.29, 1.82) is 0 Å². The molecule has 23 heavy (non-hydrogen) atoms. The fourth-order valence-corrected chi connectivity index (χ4v) is 4.10. The van der Waals surface area contributed by atoms with Crippen molar-refractivity contribution in [1.82, 2.24) is 20.3 Å². The molecule has 7 nitrogen and oxygen atoms in total. The molecule has 2 aliphatic rings. The number of hydrogen-bond acceptors (Lipinski definition) is 4. The monoisotopic (exact) mass is 314 g/mol. The summed E-state index contributed by atoms with van der Waals surface area (Å²) in [5, 5.41) is 20.0. The van der Waals surface area contributed by atoms with Crippen molar-refractivity contribution >= 4 is 22.9 Å². The molecule has 2 aromatic rings. The van der Waals surface area contributed by atoms with Gasteiger partial charge >= 0.3 is 5.97 Å². The lowest BCUT2D eigenvalue weighted by Gasteiger charge is -2.33. The Morgan fingerprint density at radius 3 is 2.78 bits per heavy atom. The molecule has 0 radical (unpaired) electrons. The van der Waals surface area contributed by atoms with E-state index in [0.29, 0.717) is 28.9 Å². The van der Waals surface area contributed by atoms with Gasteiger partial charge in [-0.1, -0.05) is 12.8 Å². The quantitative estimate of drug-likeness (QED) is 0.881. The number of fused-ring (bicyclic) bond motifs is 2. The smallest absolute Gasteiger partial charge is 0.326 e. The number of hydrogen-bond donors (Lipinski definition) is 2. The van der Waals surface area contributed by atoms with E-state index in [-0.39, 0.29) is 11.9 Å². The number of nitrogens with one attached hydrogen (secondary N) is 1. The molecule has 4 rings (SSSR count). The number of benzene rings is 1. The van der Waals surface area contributed by atoms with Crippen LogP contribution in [0.5, 0.6) is 0 Å². The SMILES string of the molecule is O=C(O)[C@@H]1C[C@H]2CCCC[C@@H]2N1C(=O)c1ccc2n[nH]nc2c1. The molecule has 0 spiro atoms. The first kappa shape index (κ1) is 14.2. The van der Waals surface area contributed by atoms with E-state index in [2.05, 4.69) is 15.4 Å². The van der Waals surface area contributed by atoms with Gasteiger partial charge in [0.1, 0.15) is 17.1 Å². The van der Waals surface area contributed by atoms with E-state index < -0.39 is 12.0 Å². The molecule has 2 N–H and O–H groups in total. The lowest BCUT2D eigenvalue weighted by Crippen LogP contribution is -2.46. The second-order valence-electron chi connectivity index (χ2n) is 6.44. The molecule has 2 fully saturated rings. The molecule has 1 amide bonds. The molecule has 1 saturated carbocycles. The van der Waals surface area contributed by atoms with Crippen molar-refractivity contribution in [2.45, 2.75) is 44.2 Å². The number of amides is 1. The normalized spacial score (nSPS) is 27.1. The standard InChI is InChI=1S/C16H18N4O3/c21-15(10-5-6-11-12(7-10)18-19-17-11)20-13-4-2-1-3-9(13)8-14(20)16(22)23/h5-7,9,13-14H,1-4,8H2,(H,22,23)(H,17,18,19)/t9-,13+,14+/m1/s1. The maximum Gasteiger partial charge on any atom is 0.326 e. The van der Waals surface area contributed by atoms with E-state index in [4.69, 9.17) is 0 Å². The van der Waals surface area contributed by atoms with Crippen LogP contribution in [0.25, 0.3) is 11.0 Å². The molecule has 1 aromatic heterocycles. The van der Waals surface area contributed by atoms with Crippen LogP contribution >= 0.6 is 0 Å². The summed E-state index contributed by atoms with van der Waals surface area (Å²) >= 11 is 0. The fourth-order valence-electron chi connectivity index (χ4n) is 4.10. The van der Waals surface area contributed by atoms with Crippen LogP contribution in [0.15, 0.2) is 18.2 Å². The van der Waals surface area contributed by atoms with Crippen molar-refractivity contribution in [2.24, 2.45) is 5.92 Å². The first-order chi connectivity index (χ1) is 11.1. The minimum Gasteiger partial charge on any atom is -0.480 e. The van der Waals surface area contributed by atoms with E-state index in [1.165, 1.54) is 0 Å². The molecule has 3 atom stereocenters. The maximum atomic E-state index is 13.0. The average molecular weight is 314 g/mol. The predicted octanol–water partition coefficient (Wildman–Crippen LogP) is 1.82. The third kappa shape index (κ3) is 2.27. The lowest BCUT2D eigenvalue weighted by molar-refractivity contribution is -0.141. The number of likely N-dealkylation sites (tertiary alicyclic amines) is 1. The van der Waals surface area contributed by atoms with Crippen LogP contribution in [0.2, 0.25) is 0 Å². The number of carbonyl (C=O) groups is 2. The largest absolute Gasteiger partial charge is 0.480 e. The van der Waals surface area contributed by atoms with Crippen LogP contribution in [0, 0.1) is 5.92 Å². The Hall–Kier alpha value is -2.44. The van der Waals surface area contributed by atoms with Crippen LogP contribution in [0.1, 0.15) is 42.5 Å². The molecular formula is C16H18N4O3.